The van der Waals surface area contributed by atoms with E-state index in [0.717, 1.165) is 47.9 Å². The van der Waals surface area contributed by atoms with Gasteiger partial charge in [-0.15, -0.1) is 11.3 Å². The van der Waals surface area contributed by atoms with Crippen LogP contribution in [0.4, 0.5) is 0 Å². The fourth-order valence-electron chi connectivity index (χ4n) is 3.75. The molecule has 0 spiro atoms. The van der Waals surface area contributed by atoms with Gasteiger partial charge in [0, 0.05) is 10.9 Å². The third-order valence-corrected chi connectivity index (χ3v) is 6.46. The standard InChI is InChI=1S/C27H30N2O3S/c1-19(2)8-10-29-11-9-20-4-3-5-21(14-20)17-32-27-23(16-28)24(18-33-27)22-6-7-25-26(15-22)31-13-12-30-25/h3-7,14-15,18-19,29H,8-13,17H2,1-2H3. The van der Waals surface area contributed by atoms with Crippen molar-refractivity contribution in [3.8, 4) is 33.8 Å². The highest BCUT2D eigenvalue weighted by Gasteiger charge is 2.18. The van der Waals surface area contributed by atoms with E-state index in [1.807, 2.05) is 23.6 Å². The van der Waals surface area contributed by atoms with Crippen molar-refractivity contribution in [1.82, 2.24) is 5.32 Å². The van der Waals surface area contributed by atoms with Crippen LogP contribution in [-0.4, -0.2) is 26.3 Å². The van der Waals surface area contributed by atoms with Crippen molar-refractivity contribution in [3.63, 3.8) is 0 Å². The van der Waals surface area contributed by atoms with Crippen LogP contribution in [-0.2, 0) is 13.0 Å². The smallest absolute Gasteiger partial charge is 0.192 e. The van der Waals surface area contributed by atoms with Gasteiger partial charge in [0.1, 0.15) is 31.5 Å². The van der Waals surface area contributed by atoms with Crippen LogP contribution in [0.2, 0.25) is 0 Å². The SMILES string of the molecule is CC(C)CCNCCc1cccc(COc2scc(-c3ccc4c(c3)OCCO4)c2C#N)c1. The number of nitrogens with zero attached hydrogens (tertiary/aromatic N) is 1. The minimum atomic E-state index is 0.435. The quantitative estimate of drug-likeness (QED) is 0.385. The molecule has 0 saturated heterocycles. The van der Waals surface area contributed by atoms with Gasteiger partial charge < -0.3 is 19.5 Å². The first-order valence-corrected chi connectivity index (χ1v) is 12.3. The summed E-state index contributed by atoms with van der Waals surface area (Å²) in [5.74, 6) is 2.18. The van der Waals surface area contributed by atoms with E-state index in [9.17, 15) is 5.26 Å². The molecule has 1 aromatic heterocycles. The maximum atomic E-state index is 9.82. The lowest BCUT2D eigenvalue weighted by atomic mass is 10.0. The third-order valence-electron chi connectivity index (χ3n) is 5.57. The molecule has 0 amide bonds. The molecule has 33 heavy (non-hydrogen) atoms. The van der Waals surface area contributed by atoms with Crippen LogP contribution in [0.25, 0.3) is 11.1 Å². The topological polar surface area (TPSA) is 63.5 Å². The summed E-state index contributed by atoms with van der Waals surface area (Å²) in [6, 6.07) is 16.6. The molecule has 5 nitrogen and oxygen atoms in total. The van der Waals surface area contributed by atoms with Crippen molar-refractivity contribution < 1.29 is 14.2 Å². The summed E-state index contributed by atoms with van der Waals surface area (Å²) in [4.78, 5) is 0. The lowest BCUT2D eigenvalue weighted by molar-refractivity contribution is 0.171. The Kier molecular flexibility index (Phi) is 7.87. The normalized spacial score (nSPS) is 12.5. The summed E-state index contributed by atoms with van der Waals surface area (Å²) < 4.78 is 17.4. The Hall–Kier alpha value is -3.01. The summed E-state index contributed by atoms with van der Waals surface area (Å²) in [5.41, 5.74) is 4.73. The van der Waals surface area contributed by atoms with E-state index in [1.165, 1.54) is 23.3 Å². The van der Waals surface area contributed by atoms with Crippen molar-refractivity contribution in [1.29, 1.82) is 5.26 Å². The van der Waals surface area contributed by atoms with E-state index < -0.39 is 0 Å². The molecule has 1 N–H and O–H groups in total. The molecule has 0 bridgehead atoms. The number of nitrogens with one attached hydrogen (secondary N) is 1. The van der Waals surface area contributed by atoms with Gasteiger partial charge in [-0.3, -0.25) is 0 Å². The molecule has 0 radical (unpaired) electrons. The van der Waals surface area contributed by atoms with Gasteiger partial charge in [0.25, 0.3) is 0 Å². The number of fused-ring (bicyclic) bond motifs is 1. The lowest BCUT2D eigenvalue weighted by Crippen LogP contribution is -2.19. The molecule has 4 rings (SSSR count). The van der Waals surface area contributed by atoms with Crippen LogP contribution >= 0.6 is 11.3 Å². The molecule has 3 aromatic rings. The predicted octanol–water partition coefficient (Wildman–Crippen LogP) is 5.82. The zero-order valence-corrected chi connectivity index (χ0v) is 20.0. The molecule has 1 aliphatic rings. The Bertz CT molecular complexity index is 1120. The Labute approximate surface area is 199 Å². The summed E-state index contributed by atoms with van der Waals surface area (Å²) in [6.45, 7) is 8.05. The predicted molar refractivity (Wildman–Crippen MR) is 132 cm³/mol. The lowest BCUT2D eigenvalue weighted by Gasteiger charge is -2.18. The second-order valence-corrected chi connectivity index (χ2v) is 9.42. The largest absolute Gasteiger partial charge is 0.486 e. The van der Waals surface area contributed by atoms with Gasteiger partial charge in [-0.05, 0) is 60.7 Å². The third kappa shape index (κ3) is 6.07. The Morgan fingerprint density at radius 3 is 2.70 bits per heavy atom. The van der Waals surface area contributed by atoms with Crippen molar-refractivity contribution in [2.45, 2.75) is 33.3 Å². The molecule has 0 aliphatic carbocycles. The molecule has 0 saturated carbocycles. The van der Waals surface area contributed by atoms with Gasteiger partial charge >= 0.3 is 0 Å². The van der Waals surface area contributed by atoms with Gasteiger partial charge in [0.05, 0.1) is 0 Å². The number of nitriles is 1. The summed E-state index contributed by atoms with van der Waals surface area (Å²) >= 11 is 1.45. The van der Waals surface area contributed by atoms with Gasteiger partial charge in [0.15, 0.2) is 16.6 Å². The van der Waals surface area contributed by atoms with Crippen LogP contribution in [0.3, 0.4) is 0 Å². The maximum Gasteiger partial charge on any atom is 0.192 e. The Morgan fingerprint density at radius 1 is 1.06 bits per heavy atom. The number of hydrogen-bond acceptors (Lipinski definition) is 6. The van der Waals surface area contributed by atoms with E-state index in [2.05, 4.69) is 49.5 Å². The monoisotopic (exact) mass is 462 g/mol. The van der Waals surface area contributed by atoms with Gasteiger partial charge in [-0.2, -0.15) is 5.26 Å². The first-order valence-electron chi connectivity index (χ1n) is 11.5. The number of hydrogen-bond donors (Lipinski definition) is 1. The molecule has 6 heteroatoms. The minimum absolute atomic E-state index is 0.435. The van der Waals surface area contributed by atoms with Crippen LogP contribution in [0.15, 0.2) is 47.8 Å². The number of benzene rings is 2. The van der Waals surface area contributed by atoms with Crippen LogP contribution in [0, 0.1) is 17.2 Å². The summed E-state index contributed by atoms with van der Waals surface area (Å²) in [7, 11) is 0. The van der Waals surface area contributed by atoms with Crippen molar-refractivity contribution in [2.75, 3.05) is 26.3 Å². The molecular weight excluding hydrogens is 432 g/mol. The molecule has 172 valence electrons. The average Bonchev–Trinajstić information content (AvgIpc) is 3.25. The van der Waals surface area contributed by atoms with Gasteiger partial charge in [-0.1, -0.05) is 44.2 Å². The van der Waals surface area contributed by atoms with Crippen LogP contribution in [0.1, 0.15) is 37.0 Å². The number of ether oxygens (including phenoxy) is 3. The molecule has 0 fully saturated rings. The Morgan fingerprint density at radius 2 is 1.88 bits per heavy atom. The summed E-state index contributed by atoms with van der Waals surface area (Å²) in [6.07, 6.45) is 2.19. The van der Waals surface area contributed by atoms with E-state index in [4.69, 9.17) is 14.2 Å². The van der Waals surface area contributed by atoms with Crippen molar-refractivity contribution in [2.24, 2.45) is 5.92 Å². The van der Waals surface area contributed by atoms with E-state index in [-0.39, 0.29) is 0 Å². The van der Waals surface area contributed by atoms with Crippen LogP contribution < -0.4 is 19.5 Å². The minimum Gasteiger partial charge on any atom is -0.486 e. The molecule has 0 atom stereocenters. The number of rotatable bonds is 10. The maximum absolute atomic E-state index is 9.82. The fraction of sp³-hybridized carbons (Fsp3) is 0.370. The van der Waals surface area contributed by atoms with Crippen molar-refractivity contribution >= 4 is 11.3 Å². The first kappa shape index (κ1) is 23.2. The first-order chi connectivity index (χ1) is 16.1. The molecule has 1 aliphatic heterocycles. The van der Waals surface area contributed by atoms with Crippen LogP contribution in [0.5, 0.6) is 16.6 Å². The zero-order chi connectivity index (χ0) is 23.0. The number of thiophene rings is 1. The second kappa shape index (κ2) is 11.2. The summed E-state index contributed by atoms with van der Waals surface area (Å²) in [5, 5.41) is 15.9. The second-order valence-electron chi connectivity index (χ2n) is 8.57. The van der Waals surface area contributed by atoms with E-state index in [0.29, 0.717) is 36.2 Å². The average molecular weight is 463 g/mol. The van der Waals surface area contributed by atoms with Gasteiger partial charge in [0.2, 0.25) is 0 Å². The zero-order valence-electron chi connectivity index (χ0n) is 19.2. The fourth-order valence-corrected chi connectivity index (χ4v) is 4.63. The molecular formula is C27H30N2O3S. The highest BCUT2D eigenvalue weighted by molar-refractivity contribution is 7.12. The van der Waals surface area contributed by atoms with Crippen molar-refractivity contribution in [3.05, 3.63) is 64.5 Å². The van der Waals surface area contributed by atoms with Gasteiger partial charge in [-0.25, -0.2) is 0 Å². The highest BCUT2D eigenvalue weighted by Crippen LogP contribution is 2.40. The highest BCUT2D eigenvalue weighted by atomic mass is 32.1. The van der Waals surface area contributed by atoms with E-state index >= 15 is 0 Å². The Balaban J connectivity index is 1.38. The molecule has 0 unspecified atom stereocenters. The van der Waals surface area contributed by atoms with E-state index in [1.54, 1.807) is 0 Å². The molecule has 2 aromatic carbocycles. The molecule has 2 heterocycles.